The van der Waals surface area contributed by atoms with Gasteiger partial charge in [-0.3, -0.25) is 10.1 Å². The SMILES string of the molecule is N#CC(=C(O)c1ccc([N+](=O)[O-])cc1Cl)c1nc2cc(C(F)(F)F)ccc2s1. The second kappa shape index (κ2) is 7.10. The van der Waals surface area contributed by atoms with Gasteiger partial charge in [-0.25, -0.2) is 4.98 Å². The van der Waals surface area contributed by atoms with Crippen LogP contribution in [0.15, 0.2) is 36.4 Å². The summed E-state index contributed by atoms with van der Waals surface area (Å²) in [7, 11) is 0. The summed E-state index contributed by atoms with van der Waals surface area (Å²) in [5.41, 5.74) is -1.53. The normalized spacial score (nSPS) is 12.5. The molecule has 0 aliphatic carbocycles. The van der Waals surface area contributed by atoms with Crippen molar-refractivity contribution in [1.82, 2.24) is 4.98 Å². The monoisotopic (exact) mass is 425 g/mol. The van der Waals surface area contributed by atoms with Gasteiger partial charge in [-0.1, -0.05) is 11.6 Å². The molecule has 0 radical (unpaired) electrons. The summed E-state index contributed by atoms with van der Waals surface area (Å²) < 4.78 is 38.9. The van der Waals surface area contributed by atoms with Crippen molar-refractivity contribution in [1.29, 1.82) is 5.26 Å². The lowest BCUT2D eigenvalue weighted by Crippen LogP contribution is -2.03. The van der Waals surface area contributed by atoms with Crippen molar-refractivity contribution in [3.63, 3.8) is 0 Å². The van der Waals surface area contributed by atoms with Crippen LogP contribution in [-0.4, -0.2) is 15.0 Å². The van der Waals surface area contributed by atoms with Crippen molar-refractivity contribution in [3.05, 3.63) is 67.7 Å². The molecule has 0 saturated heterocycles. The molecule has 0 bridgehead atoms. The fraction of sp³-hybridized carbons (Fsp3) is 0.0588. The topological polar surface area (TPSA) is 100 Å². The van der Waals surface area contributed by atoms with Gasteiger partial charge in [0.25, 0.3) is 5.69 Å². The van der Waals surface area contributed by atoms with Crippen molar-refractivity contribution >= 4 is 50.2 Å². The van der Waals surface area contributed by atoms with Crippen LogP contribution in [0, 0.1) is 21.4 Å². The van der Waals surface area contributed by atoms with E-state index in [0.29, 0.717) is 4.70 Å². The minimum Gasteiger partial charge on any atom is -0.506 e. The number of aliphatic hydroxyl groups excluding tert-OH is 1. The Balaban J connectivity index is 2.12. The molecule has 1 heterocycles. The van der Waals surface area contributed by atoms with E-state index >= 15 is 0 Å². The average molecular weight is 426 g/mol. The highest BCUT2D eigenvalue weighted by Crippen LogP contribution is 2.36. The van der Waals surface area contributed by atoms with Crippen LogP contribution < -0.4 is 0 Å². The van der Waals surface area contributed by atoms with Crippen LogP contribution >= 0.6 is 22.9 Å². The predicted octanol–water partition coefficient (Wildman–Crippen LogP) is 5.83. The third-order valence-electron chi connectivity index (χ3n) is 3.70. The number of hydrogen-bond acceptors (Lipinski definition) is 6. The summed E-state index contributed by atoms with van der Waals surface area (Å²) in [4.78, 5) is 14.1. The van der Waals surface area contributed by atoms with E-state index in [1.807, 2.05) is 0 Å². The Kier molecular flexibility index (Phi) is 4.97. The number of nitro groups is 1. The number of hydrogen-bond donors (Lipinski definition) is 1. The van der Waals surface area contributed by atoms with Crippen LogP contribution in [0.2, 0.25) is 5.02 Å². The van der Waals surface area contributed by atoms with Crippen molar-refractivity contribution in [2.75, 3.05) is 0 Å². The van der Waals surface area contributed by atoms with Crippen molar-refractivity contribution in [2.24, 2.45) is 0 Å². The Morgan fingerprint density at radius 1 is 1.29 bits per heavy atom. The van der Waals surface area contributed by atoms with Crippen molar-refractivity contribution in [2.45, 2.75) is 6.18 Å². The van der Waals surface area contributed by atoms with Gasteiger partial charge in [-0.2, -0.15) is 18.4 Å². The summed E-state index contributed by atoms with van der Waals surface area (Å²) in [6, 6.07) is 8.00. The highest BCUT2D eigenvalue weighted by Gasteiger charge is 2.31. The zero-order valence-electron chi connectivity index (χ0n) is 13.5. The van der Waals surface area contributed by atoms with Gasteiger partial charge in [0.05, 0.1) is 25.7 Å². The van der Waals surface area contributed by atoms with Gasteiger partial charge < -0.3 is 5.11 Å². The highest BCUT2D eigenvalue weighted by atomic mass is 35.5. The van der Waals surface area contributed by atoms with E-state index < -0.39 is 22.4 Å². The Hall–Kier alpha value is -3.16. The van der Waals surface area contributed by atoms with Gasteiger partial charge >= 0.3 is 6.18 Å². The molecule has 0 atom stereocenters. The van der Waals surface area contributed by atoms with Gasteiger partial charge in [0, 0.05) is 17.7 Å². The van der Waals surface area contributed by atoms with Crippen molar-refractivity contribution in [3.8, 4) is 6.07 Å². The molecule has 0 saturated carbocycles. The zero-order chi connectivity index (χ0) is 20.6. The number of allylic oxidation sites excluding steroid dienone is 1. The lowest BCUT2D eigenvalue weighted by Gasteiger charge is -2.05. The minimum atomic E-state index is -4.54. The number of aromatic nitrogens is 1. The number of nitro benzene ring substituents is 1. The molecule has 0 amide bonds. The first-order chi connectivity index (χ1) is 13.1. The van der Waals surface area contributed by atoms with Crippen LogP contribution in [0.5, 0.6) is 0 Å². The van der Waals surface area contributed by atoms with Crippen LogP contribution in [0.1, 0.15) is 16.1 Å². The first kappa shape index (κ1) is 19.6. The number of aliphatic hydroxyl groups is 1. The minimum absolute atomic E-state index is 0.0104. The lowest BCUT2D eigenvalue weighted by molar-refractivity contribution is -0.384. The molecule has 1 aromatic heterocycles. The molecular formula is C17H7ClF3N3O3S. The molecule has 28 heavy (non-hydrogen) atoms. The molecule has 142 valence electrons. The summed E-state index contributed by atoms with van der Waals surface area (Å²) >= 11 is 6.87. The van der Waals surface area contributed by atoms with Crippen LogP contribution in [-0.2, 0) is 6.18 Å². The third kappa shape index (κ3) is 3.62. The smallest absolute Gasteiger partial charge is 0.416 e. The molecule has 11 heteroatoms. The quantitative estimate of drug-likeness (QED) is 0.246. The number of non-ortho nitro benzene ring substituents is 1. The van der Waals surface area contributed by atoms with E-state index in [1.54, 1.807) is 6.07 Å². The zero-order valence-corrected chi connectivity index (χ0v) is 15.1. The Morgan fingerprint density at radius 2 is 2.00 bits per heavy atom. The van der Waals surface area contributed by atoms with Crippen molar-refractivity contribution < 1.29 is 23.2 Å². The number of alkyl halides is 3. The lowest BCUT2D eigenvalue weighted by atomic mass is 10.1. The number of thiazole rings is 1. The van der Waals surface area contributed by atoms with E-state index in [9.17, 15) is 33.7 Å². The van der Waals surface area contributed by atoms with Gasteiger partial charge in [0.2, 0.25) is 0 Å². The predicted molar refractivity (Wildman–Crippen MR) is 97.8 cm³/mol. The number of nitriles is 1. The molecule has 6 nitrogen and oxygen atoms in total. The average Bonchev–Trinajstić information content (AvgIpc) is 3.03. The second-order valence-corrected chi connectivity index (χ2v) is 6.89. The molecule has 3 aromatic rings. The third-order valence-corrected chi connectivity index (χ3v) is 5.06. The van der Waals surface area contributed by atoms with E-state index in [0.717, 1.165) is 35.6 Å². The van der Waals surface area contributed by atoms with Gasteiger partial charge in [-0.15, -0.1) is 11.3 Å². The number of halogens is 4. The van der Waals surface area contributed by atoms with Crippen LogP contribution in [0.3, 0.4) is 0 Å². The molecule has 0 unspecified atom stereocenters. The molecule has 2 aromatic carbocycles. The number of benzene rings is 2. The molecule has 1 N–H and O–H groups in total. The number of fused-ring (bicyclic) bond motifs is 1. The highest BCUT2D eigenvalue weighted by molar-refractivity contribution is 7.19. The number of nitrogens with zero attached hydrogens (tertiary/aromatic N) is 3. The standard InChI is InChI=1S/C17H7ClF3N3O3S/c18-12-6-9(24(26)27)2-3-10(12)15(25)11(7-22)16-23-13-5-8(17(19,20)21)1-4-14(13)28-16/h1-6,25H. The molecular weight excluding hydrogens is 419 g/mol. The van der Waals surface area contributed by atoms with Gasteiger partial charge in [0.1, 0.15) is 22.4 Å². The summed E-state index contributed by atoms with van der Waals surface area (Å²) in [5.74, 6) is -0.586. The van der Waals surface area contributed by atoms with E-state index in [4.69, 9.17) is 11.6 Å². The molecule has 0 fully saturated rings. The summed E-state index contributed by atoms with van der Waals surface area (Å²) in [6.07, 6.45) is -4.54. The fourth-order valence-electron chi connectivity index (χ4n) is 2.36. The maximum absolute atomic E-state index is 12.8. The molecule has 3 rings (SSSR count). The molecule has 0 spiro atoms. The molecule has 0 aliphatic heterocycles. The Morgan fingerprint density at radius 3 is 2.57 bits per heavy atom. The molecule has 0 aliphatic rings. The van der Waals surface area contributed by atoms with Crippen LogP contribution in [0.4, 0.5) is 18.9 Å². The maximum atomic E-state index is 12.8. The first-order valence-electron chi connectivity index (χ1n) is 7.37. The largest absolute Gasteiger partial charge is 0.506 e. The summed E-state index contributed by atoms with van der Waals surface area (Å²) in [6.45, 7) is 0. The van der Waals surface area contributed by atoms with E-state index in [-0.39, 0.29) is 32.4 Å². The number of rotatable bonds is 3. The first-order valence-corrected chi connectivity index (χ1v) is 8.57. The van der Waals surface area contributed by atoms with Crippen LogP contribution in [0.25, 0.3) is 21.5 Å². The second-order valence-electron chi connectivity index (χ2n) is 5.46. The maximum Gasteiger partial charge on any atom is 0.416 e. The van der Waals surface area contributed by atoms with Gasteiger partial charge in [-0.05, 0) is 24.3 Å². The Bertz CT molecular complexity index is 1180. The fourth-order valence-corrected chi connectivity index (χ4v) is 3.56. The van der Waals surface area contributed by atoms with E-state index in [2.05, 4.69) is 4.98 Å². The van der Waals surface area contributed by atoms with E-state index in [1.165, 1.54) is 12.1 Å². The summed E-state index contributed by atoms with van der Waals surface area (Å²) in [5, 5.41) is 30.5. The van der Waals surface area contributed by atoms with Gasteiger partial charge in [0.15, 0.2) is 0 Å². The Labute approximate surface area is 163 Å².